The van der Waals surface area contributed by atoms with Gasteiger partial charge in [0.2, 0.25) is 0 Å². The first kappa shape index (κ1) is 14.0. The van der Waals surface area contributed by atoms with Gasteiger partial charge in [-0.1, -0.05) is 36.4 Å². The van der Waals surface area contributed by atoms with Crippen LogP contribution in [0.2, 0.25) is 0 Å². The summed E-state index contributed by atoms with van der Waals surface area (Å²) in [6.45, 7) is 0. The molecule has 2 aromatic carbocycles. The van der Waals surface area contributed by atoms with Gasteiger partial charge in [0.25, 0.3) is 5.91 Å². The molecule has 0 aliphatic carbocycles. The smallest absolute Gasteiger partial charge is 0.264 e. The molecule has 0 spiro atoms. The van der Waals surface area contributed by atoms with Crippen molar-refractivity contribution in [1.29, 1.82) is 5.26 Å². The van der Waals surface area contributed by atoms with Crippen LogP contribution < -0.4 is 10.6 Å². The maximum Gasteiger partial charge on any atom is 0.264 e. The van der Waals surface area contributed by atoms with Crippen LogP contribution in [0.4, 0.5) is 5.69 Å². The van der Waals surface area contributed by atoms with Crippen LogP contribution in [0.1, 0.15) is 0 Å². The molecule has 1 amide bonds. The van der Waals surface area contributed by atoms with Crippen LogP contribution in [0, 0.1) is 11.3 Å². The molecule has 0 heterocycles. The van der Waals surface area contributed by atoms with Crippen LogP contribution in [0.3, 0.4) is 0 Å². The molecule has 100 valence electrons. The standard InChI is InChI=1S/C15H13N3OS/c1-17-14(19)12(9-16)15(20)18-13-8-4-6-10-5-2-3-7-11(10)13/h2-8,18,20H,1H3,(H,17,19)/b15-12-. The number of carbonyl (C=O) groups excluding carboxylic acids is 1. The van der Waals surface area contributed by atoms with E-state index in [1.807, 2.05) is 48.5 Å². The van der Waals surface area contributed by atoms with Gasteiger partial charge in [-0.15, -0.1) is 12.6 Å². The lowest BCUT2D eigenvalue weighted by Gasteiger charge is -2.10. The minimum Gasteiger partial charge on any atom is -0.354 e. The zero-order chi connectivity index (χ0) is 14.5. The molecule has 2 N–H and O–H groups in total. The van der Waals surface area contributed by atoms with E-state index >= 15 is 0 Å². The summed E-state index contributed by atoms with van der Waals surface area (Å²) in [5.41, 5.74) is 0.744. The topological polar surface area (TPSA) is 64.9 Å². The Morgan fingerprint density at radius 2 is 1.90 bits per heavy atom. The summed E-state index contributed by atoms with van der Waals surface area (Å²) in [7, 11) is 1.47. The Morgan fingerprint density at radius 3 is 2.60 bits per heavy atom. The van der Waals surface area contributed by atoms with E-state index in [4.69, 9.17) is 5.26 Å². The first-order chi connectivity index (χ1) is 9.67. The minimum absolute atomic E-state index is 0.0521. The number of carbonyl (C=O) groups is 1. The number of hydrogen-bond acceptors (Lipinski definition) is 4. The molecule has 0 bridgehead atoms. The van der Waals surface area contributed by atoms with Crippen LogP contribution in [0.25, 0.3) is 10.8 Å². The van der Waals surface area contributed by atoms with Crippen LogP contribution >= 0.6 is 12.6 Å². The summed E-state index contributed by atoms with van der Waals surface area (Å²) >= 11 is 4.22. The quantitative estimate of drug-likeness (QED) is 0.461. The highest BCUT2D eigenvalue weighted by Crippen LogP contribution is 2.25. The number of likely N-dealkylation sites (N-methyl/N-ethyl adjacent to an activating group) is 1. The second-order valence-electron chi connectivity index (χ2n) is 4.07. The van der Waals surface area contributed by atoms with Crippen molar-refractivity contribution in [3.8, 4) is 6.07 Å². The molecule has 0 aliphatic rings. The fraction of sp³-hybridized carbons (Fsp3) is 0.0667. The third-order valence-corrected chi connectivity index (χ3v) is 3.18. The van der Waals surface area contributed by atoms with Gasteiger partial charge < -0.3 is 10.6 Å². The molecular formula is C15H13N3OS. The molecule has 0 fully saturated rings. The fourth-order valence-electron chi connectivity index (χ4n) is 1.86. The Bertz CT molecular complexity index is 726. The summed E-state index contributed by atoms with van der Waals surface area (Å²) in [5, 5.41) is 16.7. The maximum absolute atomic E-state index is 11.6. The molecule has 0 atom stereocenters. The molecular weight excluding hydrogens is 270 g/mol. The second-order valence-corrected chi connectivity index (χ2v) is 4.51. The van der Waals surface area contributed by atoms with Crippen molar-refractivity contribution in [1.82, 2.24) is 5.32 Å². The number of benzene rings is 2. The van der Waals surface area contributed by atoms with Crippen molar-refractivity contribution in [2.45, 2.75) is 0 Å². The number of nitriles is 1. The van der Waals surface area contributed by atoms with Gasteiger partial charge in [0.1, 0.15) is 11.6 Å². The summed E-state index contributed by atoms with van der Waals surface area (Å²) in [4.78, 5) is 11.6. The largest absolute Gasteiger partial charge is 0.354 e. The Balaban J connectivity index is 2.45. The van der Waals surface area contributed by atoms with Gasteiger partial charge in [0.05, 0.1) is 5.03 Å². The van der Waals surface area contributed by atoms with Crippen molar-refractivity contribution >= 4 is 35.0 Å². The van der Waals surface area contributed by atoms with E-state index in [0.29, 0.717) is 0 Å². The van der Waals surface area contributed by atoms with Gasteiger partial charge in [0.15, 0.2) is 0 Å². The number of fused-ring (bicyclic) bond motifs is 1. The first-order valence-electron chi connectivity index (χ1n) is 5.97. The SMILES string of the molecule is CNC(=O)/C(C#N)=C(\S)Nc1cccc2ccccc12. The van der Waals surface area contributed by atoms with Gasteiger partial charge in [-0.3, -0.25) is 4.79 Å². The fourth-order valence-corrected chi connectivity index (χ4v) is 2.13. The van der Waals surface area contributed by atoms with Crippen molar-refractivity contribution < 1.29 is 4.79 Å². The van der Waals surface area contributed by atoms with E-state index in [1.165, 1.54) is 7.05 Å². The van der Waals surface area contributed by atoms with E-state index in [2.05, 4.69) is 23.3 Å². The van der Waals surface area contributed by atoms with Gasteiger partial charge in [-0.05, 0) is 11.5 Å². The highest BCUT2D eigenvalue weighted by Gasteiger charge is 2.12. The molecule has 0 saturated heterocycles. The number of nitrogens with zero attached hydrogens (tertiary/aromatic N) is 1. The van der Waals surface area contributed by atoms with Crippen molar-refractivity contribution in [3.63, 3.8) is 0 Å². The molecule has 0 radical (unpaired) electrons. The molecule has 0 aromatic heterocycles. The zero-order valence-electron chi connectivity index (χ0n) is 10.8. The minimum atomic E-state index is -0.467. The number of rotatable bonds is 3. The number of anilines is 1. The van der Waals surface area contributed by atoms with Gasteiger partial charge in [-0.2, -0.15) is 5.26 Å². The highest BCUT2D eigenvalue weighted by atomic mass is 32.1. The lowest BCUT2D eigenvalue weighted by atomic mass is 10.1. The highest BCUT2D eigenvalue weighted by molar-refractivity contribution is 7.84. The van der Waals surface area contributed by atoms with Gasteiger partial charge in [-0.25, -0.2) is 0 Å². The molecule has 4 nitrogen and oxygen atoms in total. The Kier molecular flexibility index (Phi) is 4.28. The van der Waals surface area contributed by atoms with Crippen molar-refractivity contribution in [2.75, 3.05) is 12.4 Å². The normalized spacial score (nSPS) is 11.4. The van der Waals surface area contributed by atoms with Crippen LogP contribution in [-0.4, -0.2) is 13.0 Å². The Hall–Kier alpha value is -2.45. The van der Waals surface area contributed by atoms with E-state index in [1.54, 1.807) is 0 Å². The summed E-state index contributed by atoms with van der Waals surface area (Å²) in [5.74, 6) is -0.467. The predicted octanol–water partition coefficient (Wildman–Crippen LogP) is 2.66. The predicted molar refractivity (Wildman–Crippen MR) is 83.3 cm³/mol. The van der Waals surface area contributed by atoms with Crippen molar-refractivity contribution in [2.24, 2.45) is 0 Å². The molecule has 2 aromatic rings. The Labute approximate surface area is 122 Å². The number of thiol groups is 1. The third kappa shape index (κ3) is 2.76. The summed E-state index contributed by atoms with van der Waals surface area (Å²) in [6, 6.07) is 15.5. The zero-order valence-corrected chi connectivity index (χ0v) is 11.7. The van der Waals surface area contributed by atoms with Gasteiger partial charge >= 0.3 is 0 Å². The average Bonchev–Trinajstić information content (AvgIpc) is 2.48. The van der Waals surface area contributed by atoms with Crippen LogP contribution in [0.15, 0.2) is 53.1 Å². The van der Waals surface area contributed by atoms with E-state index in [-0.39, 0.29) is 10.6 Å². The number of amides is 1. The average molecular weight is 283 g/mol. The molecule has 20 heavy (non-hydrogen) atoms. The lowest BCUT2D eigenvalue weighted by molar-refractivity contribution is -0.116. The number of hydrogen-bond donors (Lipinski definition) is 3. The summed E-state index contributed by atoms with van der Waals surface area (Å²) < 4.78 is 0. The molecule has 0 saturated carbocycles. The van der Waals surface area contributed by atoms with E-state index in [0.717, 1.165) is 16.5 Å². The molecule has 5 heteroatoms. The lowest BCUT2D eigenvalue weighted by Crippen LogP contribution is -2.21. The third-order valence-electron chi connectivity index (χ3n) is 2.85. The van der Waals surface area contributed by atoms with Gasteiger partial charge in [0, 0.05) is 18.1 Å². The Morgan fingerprint density at radius 1 is 1.20 bits per heavy atom. The second kappa shape index (κ2) is 6.13. The van der Waals surface area contributed by atoms with E-state index < -0.39 is 5.91 Å². The van der Waals surface area contributed by atoms with Crippen LogP contribution in [-0.2, 0) is 4.79 Å². The molecule has 0 unspecified atom stereocenters. The van der Waals surface area contributed by atoms with Crippen molar-refractivity contribution in [3.05, 3.63) is 53.1 Å². The van der Waals surface area contributed by atoms with E-state index in [9.17, 15) is 4.79 Å². The maximum atomic E-state index is 11.6. The number of nitrogens with one attached hydrogen (secondary N) is 2. The first-order valence-corrected chi connectivity index (χ1v) is 6.42. The molecule has 0 aliphatic heterocycles. The van der Waals surface area contributed by atoms with Crippen LogP contribution in [0.5, 0.6) is 0 Å². The summed E-state index contributed by atoms with van der Waals surface area (Å²) in [6.07, 6.45) is 0. The molecule has 2 rings (SSSR count). The monoisotopic (exact) mass is 283 g/mol.